The number of rotatable bonds is 5. The van der Waals surface area contributed by atoms with Gasteiger partial charge in [-0.25, -0.2) is 4.79 Å². The molecular formula is C21H26O6. The predicted octanol–water partition coefficient (Wildman–Crippen LogP) is 3.44. The monoisotopic (exact) mass is 374 g/mol. The van der Waals surface area contributed by atoms with Crippen molar-refractivity contribution in [3.05, 3.63) is 41.5 Å². The lowest BCUT2D eigenvalue weighted by Crippen LogP contribution is -2.43. The Morgan fingerprint density at radius 1 is 1.33 bits per heavy atom. The van der Waals surface area contributed by atoms with Gasteiger partial charge in [-0.15, -0.1) is 0 Å². The Labute approximate surface area is 159 Å². The minimum absolute atomic E-state index is 0.0438. The van der Waals surface area contributed by atoms with Gasteiger partial charge in [0, 0.05) is 25.0 Å². The van der Waals surface area contributed by atoms with Gasteiger partial charge in [0.15, 0.2) is 17.3 Å². The SMILES string of the molecule is COc1cc(/C=C/C(=O)OC2C=C(C)C3(OC)CC(C)(C)C2O3)ccc1O. The van der Waals surface area contributed by atoms with Gasteiger partial charge in [0.05, 0.1) is 7.11 Å². The van der Waals surface area contributed by atoms with Crippen molar-refractivity contribution in [2.45, 2.75) is 45.2 Å². The number of esters is 1. The molecule has 0 radical (unpaired) electrons. The van der Waals surface area contributed by atoms with Crippen molar-refractivity contribution in [3.63, 3.8) is 0 Å². The first-order chi connectivity index (χ1) is 12.7. The Hall–Kier alpha value is -2.31. The molecule has 1 saturated heterocycles. The van der Waals surface area contributed by atoms with Crippen molar-refractivity contribution >= 4 is 12.0 Å². The Balaban J connectivity index is 1.73. The van der Waals surface area contributed by atoms with E-state index in [1.54, 1.807) is 25.3 Å². The second-order valence-electron chi connectivity index (χ2n) is 7.68. The van der Waals surface area contributed by atoms with Crippen LogP contribution in [0.3, 0.4) is 0 Å². The molecule has 3 atom stereocenters. The van der Waals surface area contributed by atoms with Gasteiger partial charge >= 0.3 is 5.97 Å². The fourth-order valence-corrected chi connectivity index (χ4v) is 3.82. The topological polar surface area (TPSA) is 74.2 Å². The van der Waals surface area contributed by atoms with Gasteiger partial charge in [0.25, 0.3) is 0 Å². The van der Waals surface area contributed by atoms with Crippen LogP contribution in [-0.2, 0) is 19.0 Å². The molecular weight excluding hydrogens is 348 g/mol. The average Bonchev–Trinajstić information content (AvgIpc) is 2.88. The molecule has 2 aliphatic heterocycles. The summed E-state index contributed by atoms with van der Waals surface area (Å²) in [5.41, 5.74) is 1.44. The van der Waals surface area contributed by atoms with Crippen LogP contribution in [0, 0.1) is 5.41 Å². The van der Waals surface area contributed by atoms with Gasteiger partial charge in [0.1, 0.15) is 12.2 Å². The summed E-state index contributed by atoms with van der Waals surface area (Å²) in [6, 6.07) is 4.83. The number of carbonyl (C=O) groups excluding carboxylic acids is 1. The Morgan fingerprint density at radius 3 is 2.74 bits per heavy atom. The molecule has 2 aliphatic rings. The number of hydrogen-bond donors (Lipinski definition) is 1. The van der Waals surface area contributed by atoms with Gasteiger partial charge < -0.3 is 24.1 Å². The van der Waals surface area contributed by atoms with Gasteiger partial charge in [-0.3, -0.25) is 0 Å². The van der Waals surface area contributed by atoms with E-state index in [1.807, 2.05) is 13.0 Å². The van der Waals surface area contributed by atoms with Crippen LogP contribution in [0.5, 0.6) is 11.5 Å². The van der Waals surface area contributed by atoms with Crippen molar-refractivity contribution in [2.24, 2.45) is 5.41 Å². The van der Waals surface area contributed by atoms with Crippen LogP contribution in [0.1, 0.15) is 32.8 Å². The van der Waals surface area contributed by atoms with Crippen LogP contribution in [-0.4, -0.2) is 43.3 Å². The normalized spacial score (nSPS) is 28.9. The molecule has 146 valence electrons. The molecule has 0 spiro atoms. The second-order valence-corrected chi connectivity index (χ2v) is 7.68. The number of carbonyl (C=O) groups is 1. The van der Waals surface area contributed by atoms with E-state index in [2.05, 4.69) is 13.8 Å². The van der Waals surface area contributed by atoms with Crippen LogP contribution >= 0.6 is 0 Å². The van der Waals surface area contributed by atoms with E-state index in [1.165, 1.54) is 19.3 Å². The lowest BCUT2D eigenvalue weighted by Gasteiger charge is -2.35. The Bertz CT molecular complexity index is 794. The van der Waals surface area contributed by atoms with E-state index < -0.39 is 17.9 Å². The molecule has 0 amide bonds. The van der Waals surface area contributed by atoms with Crippen molar-refractivity contribution in [2.75, 3.05) is 14.2 Å². The second kappa shape index (κ2) is 7.02. The first-order valence-corrected chi connectivity index (χ1v) is 8.88. The van der Waals surface area contributed by atoms with Crippen molar-refractivity contribution in [1.82, 2.24) is 0 Å². The number of benzene rings is 1. The molecule has 6 nitrogen and oxygen atoms in total. The summed E-state index contributed by atoms with van der Waals surface area (Å²) < 4.78 is 22.5. The number of methoxy groups -OCH3 is 2. The fraction of sp³-hybridized carbons (Fsp3) is 0.476. The molecule has 27 heavy (non-hydrogen) atoms. The molecule has 1 N–H and O–H groups in total. The summed E-state index contributed by atoms with van der Waals surface area (Å²) in [6.45, 7) is 6.11. The Kier molecular flexibility index (Phi) is 5.06. The molecule has 1 fully saturated rings. The lowest BCUT2D eigenvalue weighted by atomic mass is 9.82. The maximum Gasteiger partial charge on any atom is 0.331 e. The number of hydrogen-bond acceptors (Lipinski definition) is 6. The van der Waals surface area contributed by atoms with Crippen LogP contribution < -0.4 is 4.74 Å². The minimum atomic E-state index is -0.727. The highest BCUT2D eigenvalue weighted by Crippen LogP contribution is 2.52. The molecule has 0 aromatic heterocycles. The summed E-state index contributed by atoms with van der Waals surface area (Å²) in [7, 11) is 3.11. The Morgan fingerprint density at radius 2 is 2.07 bits per heavy atom. The van der Waals surface area contributed by atoms with E-state index in [0.29, 0.717) is 17.7 Å². The van der Waals surface area contributed by atoms with Crippen LogP contribution in [0.15, 0.2) is 35.9 Å². The predicted molar refractivity (Wildman–Crippen MR) is 100 cm³/mol. The zero-order chi connectivity index (χ0) is 19.8. The zero-order valence-electron chi connectivity index (χ0n) is 16.3. The quantitative estimate of drug-likeness (QED) is 0.483. The highest BCUT2D eigenvalue weighted by molar-refractivity contribution is 5.87. The lowest BCUT2D eigenvalue weighted by molar-refractivity contribution is -0.212. The van der Waals surface area contributed by atoms with Crippen LogP contribution in [0.4, 0.5) is 0 Å². The van der Waals surface area contributed by atoms with Crippen molar-refractivity contribution < 1.29 is 28.8 Å². The summed E-state index contributed by atoms with van der Waals surface area (Å²) in [6.07, 6.45) is 4.85. The van der Waals surface area contributed by atoms with Crippen molar-refractivity contribution in [1.29, 1.82) is 0 Å². The van der Waals surface area contributed by atoms with Gasteiger partial charge in [0.2, 0.25) is 0 Å². The molecule has 1 aromatic rings. The molecule has 3 rings (SSSR count). The maximum absolute atomic E-state index is 12.3. The van der Waals surface area contributed by atoms with E-state index in [-0.39, 0.29) is 17.3 Å². The molecule has 2 heterocycles. The average molecular weight is 374 g/mol. The first kappa shape index (κ1) is 19.5. The summed E-state index contributed by atoms with van der Waals surface area (Å²) in [5.74, 6) is -0.807. The summed E-state index contributed by atoms with van der Waals surface area (Å²) >= 11 is 0. The number of fused-ring (bicyclic) bond motifs is 2. The first-order valence-electron chi connectivity index (χ1n) is 8.88. The standard InChI is InChI=1S/C21H26O6/c1-13-10-17(19-20(2,3)12-21(13,25-5)27-19)26-18(23)9-7-14-6-8-15(22)16(11-14)24-4/h6-11,17,19,22H,12H2,1-5H3/b9-7+. The molecule has 3 unspecified atom stereocenters. The summed E-state index contributed by atoms with van der Waals surface area (Å²) in [5, 5.41) is 9.63. The van der Waals surface area contributed by atoms with E-state index in [4.69, 9.17) is 18.9 Å². The van der Waals surface area contributed by atoms with Gasteiger partial charge in [-0.05, 0) is 42.3 Å². The van der Waals surface area contributed by atoms with E-state index in [0.717, 1.165) is 5.57 Å². The van der Waals surface area contributed by atoms with Crippen LogP contribution in [0.2, 0.25) is 0 Å². The maximum atomic E-state index is 12.3. The van der Waals surface area contributed by atoms with Gasteiger partial charge in [-0.2, -0.15) is 0 Å². The number of aromatic hydroxyl groups is 1. The number of ether oxygens (including phenoxy) is 4. The summed E-state index contributed by atoms with van der Waals surface area (Å²) in [4.78, 5) is 12.3. The third-order valence-electron chi connectivity index (χ3n) is 5.29. The van der Waals surface area contributed by atoms with E-state index >= 15 is 0 Å². The van der Waals surface area contributed by atoms with Crippen molar-refractivity contribution in [3.8, 4) is 11.5 Å². The minimum Gasteiger partial charge on any atom is -0.504 e. The van der Waals surface area contributed by atoms with Crippen LogP contribution in [0.25, 0.3) is 6.08 Å². The largest absolute Gasteiger partial charge is 0.504 e. The molecule has 6 heteroatoms. The zero-order valence-corrected chi connectivity index (χ0v) is 16.3. The number of phenols is 1. The third kappa shape index (κ3) is 3.59. The third-order valence-corrected chi connectivity index (χ3v) is 5.29. The fourth-order valence-electron chi connectivity index (χ4n) is 3.82. The van der Waals surface area contributed by atoms with E-state index in [9.17, 15) is 9.90 Å². The molecule has 2 bridgehead atoms. The molecule has 1 aromatic carbocycles. The highest BCUT2D eigenvalue weighted by Gasteiger charge is 2.58. The highest BCUT2D eigenvalue weighted by atomic mass is 16.7. The number of phenolic OH excluding ortho intramolecular Hbond substituents is 1. The molecule has 0 saturated carbocycles. The smallest absolute Gasteiger partial charge is 0.331 e. The van der Waals surface area contributed by atoms with Gasteiger partial charge in [-0.1, -0.05) is 19.9 Å². The molecule has 0 aliphatic carbocycles.